The van der Waals surface area contributed by atoms with Gasteiger partial charge < -0.3 is 0 Å². The summed E-state index contributed by atoms with van der Waals surface area (Å²) in [5.41, 5.74) is 8.02. The second-order valence-electron chi connectivity index (χ2n) is 8.37. The minimum Gasteiger partial charge on any atom is -0.264 e. The van der Waals surface area contributed by atoms with Crippen molar-refractivity contribution in [3.8, 4) is 44.8 Å². The van der Waals surface area contributed by atoms with Crippen molar-refractivity contribution in [2.24, 2.45) is 0 Å². The lowest BCUT2D eigenvalue weighted by Crippen LogP contribution is -1.92. The molecule has 166 valence electrons. The number of pyridine rings is 1. The maximum absolute atomic E-state index is 6.37. The van der Waals surface area contributed by atoms with Crippen LogP contribution in [0.2, 0.25) is 5.28 Å². The number of aromatic nitrogens is 3. The summed E-state index contributed by atoms with van der Waals surface area (Å²) in [6.07, 6.45) is 3.63. The zero-order chi connectivity index (χ0) is 23.6. The smallest absolute Gasteiger partial charge is 0.223 e. The summed E-state index contributed by atoms with van der Waals surface area (Å²) in [6, 6.07) is 37.5. The number of hydrogen-bond acceptors (Lipinski definition) is 3. The van der Waals surface area contributed by atoms with Crippen molar-refractivity contribution in [3.63, 3.8) is 0 Å². The van der Waals surface area contributed by atoms with Gasteiger partial charge in [0.05, 0.1) is 11.4 Å². The predicted molar refractivity (Wildman–Crippen MR) is 144 cm³/mol. The minimum absolute atomic E-state index is 0.227. The topological polar surface area (TPSA) is 38.7 Å². The molecule has 3 nitrogen and oxygen atoms in total. The quantitative estimate of drug-likeness (QED) is 0.243. The molecule has 6 rings (SSSR count). The SMILES string of the molecule is Clc1nc(-c2ccc(-c3cccnc3)cc2)cc(-c2cccc(-c3ccc4ccccc4c3)c2)n1. The van der Waals surface area contributed by atoms with Crippen LogP contribution >= 0.6 is 11.6 Å². The lowest BCUT2D eigenvalue weighted by Gasteiger charge is -2.09. The Kier molecular flexibility index (Phi) is 5.53. The van der Waals surface area contributed by atoms with Gasteiger partial charge in [-0.25, -0.2) is 9.97 Å². The van der Waals surface area contributed by atoms with Crippen LogP contribution in [-0.2, 0) is 0 Å². The third kappa shape index (κ3) is 4.42. The Bertz CT molecular complexity index is 1640. The van der Waals surface area contributed by atoms with Crippen LogP contribution < -0.4 is 0 Å². The number of fused-ring (bicyclic) bond motifs is 1. The van der Waals surface area contributed by atoms with Gasteiger partial charge in [0.2, 0.25) is 5.28 Å². The summed E-state index contributed by atoms with van der Waals surface area (Å²) in [6.45, 7) is 0. The number of rotatable bonds is 4. The van der Waals surface area contributed by atoms with Crippen LogP contribution in [0.3, 0.4) is 0 Å². The van der Waals surface area contributed by atoms with Crippen molar-refractivity contribution in [1.29, 1.82) is 0 Å². The largest absolute Gasteiger partial charge is 0.264 e. The fourth-order valence-electron chi connectivity index (χ4n) is 4.31. The number of nitrogens with zero attached hydrogens (tertiary/aromatic N) is 3. The summed E-state index contributed by atoms with van der Waals surface area (Å²) >= 11 is 6.37. The highest BCUT2D eigenvalue weighted by atomic mass is 35.5. The molecule has 0 N–H and O–H groups in total. The normalized spacial score (nSPS) is 11.0. The van der Waals surface area contributed by atoms with Crippen LogP contribution in [0.15, 0.2) is 122 Å². The van der Waals surface area contributed by atoms with E-state index in [0.717, 1.165) is 44.8 Å². The first-order valence-corrected chi connectivity index (χ1v) is 11.8. The molecule has 0 spiro atoms. The second kappa shape index (κ2) is 9.13. The van der Waals surface area contributed by atoms with Crippen molar-refractivity contribution in [2.75, 3.05) is 0 Å². The van der Waals surface area contributed by atoms with Gasteiger partial charge >= 0.3 is 0 Å². The maximum Gasteiger partial charge on any atom is 0.223 e. The van der Waals surface area contributed by atoms with E-state index in [1.54, 1.807) is 6.20 Å². The van der Waals surface area contributed by atoms with E-state index in [1.807, 2.05) is 24.4 Å². The molecule has 4 aromatic carbocycles. The van der Waals surface area contributed by atoms with Gasteiger partial charge in [0.25, 0.3) is 0 Å². The van der Waals surface area contributed by atoms with Crippen LogP contribution in [0.5, 0.6) is 0 Å². The van der Waals surface area contributed by atoms with E-state index < -0.39 is 0 Å². The third-order valence-corrected chi connectivity index (χ3v) is 6.28. The van der Waals surface area contributed by atoms with E-state index in [-0.39, 0.29) is 5.28 Å². The lowest BCUT2D eigenvalue weighted by atomic mass is 9.98. The zero-order valence-electron chi connectivity index (χ0n) is 18.8. The van der Waals surface area contributed by atoms with Gasteiger partial charge in [-0.05, 0) is 68.9 Å². The van der Waals surface area contributed by atoms with Crippen molar-refractivity contribution < 1.29 is 0 Å². The molecule has 0 atom stereocenters. The highest BCUT2D eigenvalue weighted by molar-refractivity contribution is 6.28. The standard InChI is InChI=1S/C31H20ClN3/c32-31-34-29(23-13-10-22(11-14-23)28-9-4-16-33-20-28)19-30(35-31)27-8-3-7-25(18-27)26-15-12-21-5-1-2-6-24(21)17-26/h1-20H. The van der Waals surface area contributed by atoms with Gasteiger partial charge in [-0.2, -0.15) is 0 Å². The first-order valence-electron chi connectivity index (χ1n) is 11.4. The summed E-state index contributed by atoms with van der Waals surface area (Å²) < 4.78 is 0. The monoisotopic (exact) mass is 469 g/mol. The molecule has 4 heteroatoms. The molecule has 0 saturated heterocycles. The number of hydrogen-bond donors (Lipinski definition) is 0. The molecule has 0 unspecified atom stereocenters. The van der Waals surface area contributed by atoms with Gasteiger partial charge in [0.1, 0.15) is 0 Å². The average molecular weight is 470 g/mol. The fraction of sp³-hybridized carbons (Fsp3) is 0. The van der Waals surface area contributed by atoms with Crippen LogP contribution in [0.25, 0.3) is 55.5 Å². The average Bonchev–Trinajstić information content (AvgIpc) is 2.93. The predicted octanol–water partition coefficient (Wildman–Crippen LogP) is 8.35. The maximum atomic E-state index is 6.37. The molecular weight excluding hydrogens is 450 g/mol. The van der Waals surface area contributed by atoms with E-state index >= 15 is 0 Å². The molecule has 0 amide bonds. The molecule has 0 fully saturated rings. The van der Waals surface area contributed by atoms with Crippen LogP contribution in [0.1, 0.15) is 0 Å². The van der Waals surface area contributed by atoms with E-state index in [1.165, 1.54) is 10.8 Å². The Labute approximate surface area is 208 Å². The summed E-state index contributed by atoms with van der Waals surface area (Å²) in [5.74, 6) is 0. The van der Waals surface area contributed by atoms with Gasteiger partial charge in [-0.15, -0.1) is 0 Å². The molecule has 0 aliphatic rings. The van der Waals surface area contributed by atoms with E-state index in [4.69, 9.17) is 11.6 Å². The van der Waals surface area contributed by atoms with E-state index in [0.29, 0.717) is 0 Å². The molecule has 0 aliphatic carbocycles. The molecule has 2 aromatic heterocycles. The summed E-state index contributed by atoms with van der Waals surface area (Å²) in [7, 11) is 0. The lowest BCUT2D eigenvalue weighted by molar-refractivity contribution is 1.18. The highest BCUT2D eigenvalue weighted by Crippen LogP contribution is 2.31. The van der Waals surface area contributed by atoms with Gasteiger partial charge in [-0.3, -0.25) is 4.98 Å². The summed E-state index contributed by atoms with van der Waals surface area (Å²) in [4.78, 5) is 13.2. The molecule has 0 saturated carbocycles. The minimum atomic E-state index is 0.227. The van der Waals surface area contributed by atoms with Crippen LogP contribution in [-0.4, -0.2) is 15.0 Å². The van der Waals surface area contributed by atoms with Gasteiger partial charge in [0, 0.05) is 23.5 Å². The number of benzene rings is 4. The van der Waals surface area contributed by atoms with Crippen molar-refractivity contribution in [3.05, 3.63) is 127 Å². The first-order chi connectivity index (χ1) is 17.2. The molecule has 0 bridgehead atoms. The Morgan fingerprint density at radius 2 is 1.11 bits per heavy atom. The zero-order valence-corrected chi connectivity index (χ0v) is 19.5. The van der Waals surface area contributed by atoms with Crippen LogP contribution in [0, 0.1) is 0 Å². The fourth-order valence-corrected chi connectivity index (χ4v) is 4.49. The molecule has 35 heavy (non-hydrogen) atoms. The van der Waals surface area contributed by atoms with E-state index in [2.05, 4.69) is 106 Å². The molecule has 6 aromatic rings. The highest BCUT2D eigenvalue weighted by Gasteiger charge is 2.10. The Balaban J connectivity index is 1.35. The Morgan fingerprint density at radius 1 is 0.457 bits per heavy atom. The van der Waals surface area contributed by atoms with Crippen LogP contribution in [0.4, 0.5) is 0 Å². The third-order valence-electron chi connectivity index (χ3n) is 6.12. The molecule has 0 aliphatic heterocycles. The molecule has 0 radical (unpaired) electrons. The van der Waals surface area contributed by atoms with E-state index in [9.17, 15) is 0 Å². The molecule has 2 heterocycles. The van der Waals surface area contributed by atoms with Gasteiger partial charge in [0.15, 0.2) is 0 Å². The summed E-state index contributed by atoms with van der Waals surface area (Å²) in [5, 5.41) is 2.68. The Hall–Kier alpha value is -4.34. The second-order valence-corrected chi connectivity index (χ2v) is 8.71. The van der Waals surface area contributed by atoms with Crippen molar-refractivity contribution >= 4 is 22.4 Å². The Morgan fingerprint density at radius 3 is 1.91 bits per heavy atom. The van der Waals surface area contributed by atoms with Gasteiger partial charge in [-0.1, -0.05) is 84.9 Å². The molecular formula is C31H20ClN3. The van der Waals surface area contributed by atoms with Crippen molar-refractivity contribution in [1.82, 2.24) is 15.0 Å². The number of halogens is 1. The van der Waals surface area contributed by atoms with Crippen molar-refractivity contribution in [2.45, 2.75) is 0 Å². The first kappa shape index (κ1) is 21.2.